The Hall–Kier alpha value is -1.99. The Morgan fingerprint density at radius 1 is 1.35 bits per heavy atom. The second kappa shape index (κ2) is 5.56. The summed E-state index contributed by atoms with van der Waals surface area (Å²) in [7, 11) is -3.85. The van der Waals surface area contributed by atoms with Gasteiger partial charge in [0.1, 0.15) is 5.82 Å². The molecule has 2 rings (SSSR count). The van der Waals surface area contributed by atoms with E-state index in [-0.39, 0.29) is 10.6 Å². The lowest BCUT2D eigenvalue weighted by Crippen LogP contribution is -2.27. The molecule has 0 aliphatic heterocycles. The summed E-state index contributed by atoms with van der Waals surface area (Å²) in [6, 6.07) is 6.17. The van der Waals surface area contributed by atoms with E-state index in [1.807, 2.05) is 0 Å². The van der Waals surface area contributed by atoms with E-state index in [2.05, 4.69) is 9.71 Å². The maximum absolute atomic E-state index is 13.2. The van der Waals surface area contributed by atoms with E-state index in [1.165, 1.54) is 6.07 Å². The Labute approximate surface area is 116 Å². The molecule has 0 aliphatic carbocycles. The first-order valence-corrected chi connectivity index (χ1v) is 7.35. The van der Waals surface area contributed by atoms with Gasteiger partial charge in [-0.3, -0.25) is 4.98 Å². The maximum Gasteiger partial charge on any atom is 0.241 e. The van der Waals surface area contributed by atoms with Crippen molar-refractivity contribution in [3.05, 3.63) is 54.1 Å². The molecule has 20 heavy (non-hydrogen) atoms. The predicted octanol–water partition coefficient (Wildman–Crippen LogP) is 1.84. The summed E-state index contributed by atoms with van der Waals surface area (Å²) >= 11 is 0. The van der Waals surface area contributed by atoms with Crippen LogP contribution in [0.5, 0.6) is 0 Å². The first-order chi connectivity index (χ1) is 9.38. The van der Waals surface area contributed by atoms with Crippen molar-refractivity contribution in [1.29, 1.82) is 0 Å². The highest BCUT2D eigenvalue weighted by Gasteiger charge is 2.19. The molecule has 1 heterocycles. The number of pyridine rings is 1. The maximum atomic E-state index is 13.2. The second-order valence-corrected chi connectivity index (χ2v) is 6.06. The zero-order valence-corrected chi connectivity index (χ0v) is 11.6. The minimum Gasteiger partial charge on any atom is -0.399 e. The number of sulfonamides is 1. The fourth-order valence-electron chi connectivity index (χ4n) is 1.74. The van der Waals surface area contributed by atoms with E-state index in [1.54, 1.807) is 31.5 Å². The normalized spacial score (nSPS) is 13.1. The van der Waals surface area contributed by atoms with E-state index in [0.717, 1.165) is 12.1 Å². The van der Waals surface area contributed by atoms with Gasteiger partial charge in [0, 0.05) is 24.1 Å². The van der Waals surface area contributed by atoms with Crippen molar-refractivity contribution in [2.45, 2.75) is 17.9 Å². The van der Waals surface area contributed by atoms with Crippen LogP contribution in [0.4, 0.5) is 10.1 Å². The van der Waals surface area contributed by atoms with Gasteiger partial charge in [-0.15, -0.1) is 0 Å². The van der Waals surface area contributed by atoms with Crippen LogP contribution < -0.4 is 10.5 Å². The third-order valence-electron chi connectivity index (χ3n) is 2.72. The zero-order chi connectivity index (χ0) is 14.8. The van der Waals surface area contributed by atoms with Gasteiger partial charge in [-0.25, -0.2) is 17.5 Å². The first kappa shape index (κ1) is 14.4. The third kappa shape index (κ3) is 3.31. The number of anilines is 1. The van der Waals surface area contributed by atoms with Crippen LogP contribution in [-0.4, -0.2) is 13.4 Å². The average molecular weight is 295 g/mol. The molecule has 3 N–H and O–H groups in total. The highest BCUT2D eigenvalue weighted by Crippen LogP contribution is 2.19. The molecule has 0 amide bonds. The molecular formula is C13H14FN3O2S. The zero-order valence-electron chi connectivity index (χ0n) is 10.7. The molecule has 1 unspecified atom stereocenters. The molecule has 0 bridgehead atoms. The highest BCUT2D eigenvalue weighted by molar-refractivity contribution is 7.89. The topological polar surface area (TPSA) is 85.1 Å². The van der Waals surface area contributed by atoms with Crippen molar-refractivity contribution >= 4 is 15.7 Å². The highest BCUT2D eigenvalue weighted by atomic mass is 32.2. The average Bonchev–Trinajstić information content (AvgIpc) is 2.38. The number of nitrogen functional groups attached to an aromatic ring is 1. The molecule has 0 radical (unpaired) electrons. The molecule has 1 aromatic carbocycles. The van der Waals surface area contributed by atoms with E-state index < -0.39 is 21.9 Å². The molecule has 0 spiro atoms. The SMILES string of the molecule is CC(NS(=O)(=O)c1cc(N)cc(F)c1)c1cccnc1. The fraction of sp³-hybridized carbons (Fsp3) is 0.154. The van der Waals surface area contributed by atoms with E-state index >= 15 is 0 Å². The van der Waals surface area contributed by atoms with Crippen LogP contribution in [0.1, 0.15) is 18.5 Å². The summed E-state index contributed by atoms with van der Waals surface area (Å²) in [5, 5.41) is 0. The Kier molecular flexibility index (Phi) is 4.01. The Morgan fingerprint density at radius 2 is 2.10 bits per heavy atom. The van der Waals surface area contributed by atoms with E-state index in [0.29, 0.717) is 5.56 Å². The molecule has 0 aliphatic rings. The monoisotopic (exact) mass is 295 g/mol. The fourth-order valence-corrected chi connectivity index (χ4v) is 3.04. The van der Waals surface area contributed by atoms with Gasteiger partial charge < -0.3 is 5.73 Å². The van der Waals surface area contributed by atoms with Gasteiger partial charge in [0.15, 0.2) is 0 Å². The molecule has 106 valence electrons. The summed E-state index contributed by atoms with van der Waals surface area (Å²) in [5.41, 5.74) is 6.22. The van der Waals surface area contributed by atoms with Crippen molar-refractivity contribution < 1.29 is 12.8 Å². The largest absolute Gasteiger partial charge is 0.399 e. The number of hydrogen-bond donors (Lipinski definition) is 2. The Morgan fingerprint density at radius 3 is 2.70 bits per heavy atom. The summed E-state index contributed by atoms with van der Waals surface area (Å²) < 4.78 is 40.0. The number of nitrogens with two attached hydrogens (primary N) is 1. The van der Waals surface area contributed by atoms with Gasteiger partial charge in [-0.2, -0.15) is 0 Å². The summed E-state index contributed by atoms with van der Waals surface area (Å²) in [6.45, 7) is 1.68. The van der Waals surface area contributed by atoms with Gasteiger partial charge in [0.25, 0.3) is 0 Å². The summed E-state index contributed by atoms with van der Waals surface area (Å²) in [4.78, 5) is 3.72. The van der Waals surface area contributed by atoms with Crippen LogP contribution in [0.2, 0.25) is 0 Å². The van der Waals surface area contributed by atoms with Crippen molar-refractivity contribution in [2.75, 3.05) is 5.73 Å². The van der Waals surface area contributed by atoms with Gasteiger partial charge in [0.05, 0.1) is 4.90 Å². The van der Waals surface area contributed by atoms with Crippen molar-refractivity contribution in [3.63, 3.8) is 0 Å². The van der Waals surface area contributed by atoms with Crippen LogP contribution in [0.15, 0.2) is 47.6 Å². The van der Waals surface area contributed by atoms with Crippen LogP contribution in [0, 0.1) is 5.82 Å². The Balaban J connectivity index is 2.27. The number of nitrogens with one attached hydrogen (secondary N) is 1. The van der Waals surface area contributed by atoms with Crippen LogP contribution in [0.3, 0.4) is 0 Å². The smallest absolute Gasteiger partial charge is 0.241 e. The number of benzene rings is 1. The van der Waals surface area contributed by atoms with Crippen molar-refractivity contribution in [1.82, 2.24) is 9.71 Å². The number of halogens is 1. The van der Waals surface area contributed by atoms with Gasteiger partial charge in [-0.05, 0) is 36.8 Å². The van der Waals surface area contributed by atoms with Gasteiger partial charge in [0.2, 0.25) is 10.0 Å². The molecule has 7 heteroatoms. The lowest BCUT2D eigenvalue weighted by Gasteiger charge is -2.14. The van der Waals surface area contributed by atoms with Crippen molar-refractivity contribution in [3.8, 4) is 0 Å². The molecule has 0 saturated heterocycles. The molecule has 1 atom stereocenters. The minimum absolute atomic E-state index is 0.0550. The first-order valence-electron chi connectivity index (χ1n) is 5.87. The van der Waals surface area contributed by atoms with E-state index in [9.17, 15) is 12.8 Å². The number of aromatic nitrogens is 1. The van der Waals surface area contributed by atoms with Crippen LogP contribution in [-0.2, 0) is 10.0 Å². The molecule has 0 fully saturated rings. The molecule has 1 aromatic heterocycles. The van der Waals surface area contributed by atoms with Crippen molar-refractivity contribution in [2.24, 2.45) is 0 Å². The number of rotatable bonds is 4. The summed E-state index contributed by atoms with van der Waals surface area (Å²) in [5.74, 6) is -0.695. The molecular weight excluding hydrogens is 281 g/mol. The quantitative estimate of drug-likeness (QED) is 0.843. The lowest BCUT2D eigenvalue weighted by molar-refractivity contribution is 0.564. The van der Waals surface area contributed by atoms with Crippen LogP contribution >= 0.6 is 0 Å². The minimum atomic E-state index is -3.85. The third-order valence-corrected chi connectivity index (χ3v) is 4.24. The number of nitrogens with zero attached hydrogens (tertiary/aromatic N) is 1. The Bertz CT molecular complexity index is 685. The van der Waals surface area contributed by atoms with Gasteiger partial charge in [-0.1, -0.05) is 6.07 Å². The predicted molar refractivity (Wildman–Crippen MR) is 73.8 cm³/mol. The number of hydrogen-bond acceptors (Lipinski definition) is 4. The standard InChI is InChI=1S/C13H14FN3O2S/c1-9(10-3-2-4-16-8-10)17-20(18,19)13-6-11(14)5-12(15)7-13/h2-9,17H,15H2,1H3. The molecule has 5 nitrogen and oxygen atoms in total. The second-order valence-electron chi connectivity index (χ2n) is 4.35. The summed E-state index contributed by atoms with van der Waals surface area (Å²) in [6.07, 6.45) is 3.16. The lowest BCUT2D eigenvalue weighted by atomic mass is 10.2. The van der Waals surface area contributed by atoms with Crippen LogP contribution in [0.25, 0.3) is 0 Å². The molecule has 0 saturated carbocycles. The molecule has 2 aromatic rings. The van der Waals surface area contributed by atoms with E-state index in [4.69, 9.17) is 5.73 Å². The van der Waals surface area contributed by atoms with Gasteiger partial charge >= 0.3 is 0 Å².